The lowest BCUT2D eigenvalue weighted by molar-refractivity contribution is -0.121. The molecule has 0 atom stereocenters. The molecular weight excluding hydrogens is 342 g/mol. The molecule has 0 unspecified atom stereocenters. The number of carbonyl (C=O) groups is 1. The van der Waals surface area contributed by atoms with Gasteiger partial charge >= 0.3 is 0 Å². The predicted octanol–water partition coefficient (Wildman–Crippen LogP) is 1.42. The van der Waals surface area contributed by atoms with Crippen LogP contribution in [0.25, 0.3) is 0 Å². The normalized spacial score (nSPS) is 11.3. The van der Waals surface area contributed by atoms with E-state index >= 15 is 0 Å². The van der Waals surface area contributed by atoms with Gasteiger partial charge in [0.1, 0.15) is 5.75 Å². The van der Waals surface area contributed by atoms with Gasteiger partial charge in [-0.05, 0) is 48.9 Å². The molecule has 2 rings (SSSR count). The molecule has 0 aliphatic rings. The van der Waals surface area contributed by atoms with E-state index in [0.29, 0.717) is 18.9 Å². The predicted molar refractivity (Wildman–Crippen MR) is 93.5 cm³/mol. The van der Waals surface area contributed by atoms with Gasteiger partial charge in [-0.1, -0.05) is 0 Å². The van der Waals surface area contributed by atoms with Crippen molar-refractivity contribution in [1.29, 1.82) is 0 Å². The largest absolute Gasteiger partial charge is 0.494 e. The van der Waals surface area contributed by atoms with Gasteiger partial charge in [0.2, 0.25) is 15.9 Å². The third-order valence-corrected chi connectivity index (χ3v) is 5.27. The van der Waals surface area contributed by atoms with Crippen LogP contribution in [0.5, 0.6) is 5.75 Å². The van der Waals surface area contributed by atoms with E-state index < -0.39 is 10.0 Å². The summed E-state index contributed by atoms with van der Waals surface area (Å²) in [6, 6.07) is 9.67. The van der Waals surface area contributed by atoms with E-state index in [2.05, 4.69) is 10.3 Å². The summed E-state index contributed by atoms with van der Waals surface area (Å²) in [5.74, 6) is 0.216. The number of nitrogens with one attached hydrogen (secondary N) is 1. The first-order chi connectivity index (χ1) is 11.9. The molecule has 8 heteroatoms. The van der Waals surface area contributed by atoms with Gasteiger partial charge in [0.05, 0.1) is 18.0 Å². The summed E-state index contributed by atoms with van der Waals surface area (Å²) in [6.45, 7) is 2.41. The van der Waals surface area contributed by atoms with Crippen molar-refractivity contribution in [1.82, 2.24) is 14.6 Å². The van der Waals surface area contributed by atoms with Gasteiger partial charge in [0.15, 0.2) is 0 Å². The van der Waals surface area contributed by atoms with E-state index in [4.69, 9.17) is 4.74 Å². The first-order valence-corrected chi connectivity index (χ1v) is 9.22. The first-order valence-electron chi connectivity index (χ1n) is 7.78. The van der Waals surface area contributed by atoms with Gasteiger partial charge in [-0.2, -0.15) is 4.31 Å². The number of nitrogens with zero attached hydrogens (tertiary/aromatic N) is 2. The van der Waals surface area contributed by atoms with Crippen molar-refractivity contribution < 1.29 is 17.9 Å². The molecule has 0 aliphatic heterocycles. The number of hydrogen-bond donors (Lipinski definition) is 1. The summed E-state index contributed by atoms with van der Waals surface area (Å²) in [5, 5.41) is 2.69. The summed E-state index contributed by atoms with van der Waals surface area (Å²) in [4.78, 5) is 16.0. The molecular formula is C17H21N3O4S. The number of ether oxygens (including phenoxy) is 1. The van der Waals surface area contributed by atoms with Crippen LogP contribution in [0.3, 0.4) is 0 Å². The topological polar surface area (TPSA) is 88.6 Å². The molecule has 25 heavy (non-hydrogen) atoms. The summed E-state index contributed by atoms with van der Waals surface area (Å²) in [6.07, 6.45) is 3.26. The number of pyridine rings is 1. The second-order valence-corrected chi connectivity index (χ2v) is 7.34. The van der Waals surface area contributed by atoms with Crippen molar-refractivity contribution in [3.05, 3.63) is 54.4 Å². The molecule has 0 saturated carbocycles. The maximum absolute atomic E-state index is 12.5. The molecule has 1 heterocycles. The highest BCUT2D eigenvalue weighted by atomic mass is 32.2. The Kier molecular flexibility index (Phi) is 6.49. The fraction of sp³-hybridized carbons (Fsp3) is 0.294. The Labute approximate surface area is 147 Å². The van der Waals surface area contributed by atoms with Crippen molar-refractivity contribution in [2.45, 2.75) is 18.4 Å². The minimum atomic E-state index is -3.74. The van der Waals surface area contributed by atoms with E-state index in [-0.39, 0.29) is 17.3 Å². The monoisotopic (exact) mass is 363 g/mol. The van der Waals surface area contributed by atoms with Crippen LogP contribution in [-0.4, -0.2) is 43.8 Å². The highest BCUT2D eigenvalue weighted by Gasteiger charge is 2.22. The number of sulfonamides is 1. The molecule has 1 N–H and O–H groups in total. The Morgan fingerprint density at radius 1 is 1.16 bits per heavy atom. The summed E-state index contributed by atoms with van der Waals surface area (Å²) < 4.78 is 31.3. The highest BCUT2D eigenvalue weighted by Crippen LogP contribution is 2.18. The summed E-state index contributed by atoms with van der Waals surface area (Å²) >= 11 is 0. The maximum Gasteiger partial charge on any atom is 0.243 e. The van der Waals surface area contributed by atoms with Gasteiger partial charge in [-0.15, -0.1) is 0 Å². The molecule has 2 aromatic rings. The van der Waals surface area contributed by atoms with E-state index in [1.54, 1.807) is 36.7 Å². The smallest absolute Gasteiger partial charge is 0.243 e. The summed E-state index contributed by atoms with van der Waals surface area (Å²) in [5.41, 5.74) is 0.889. The standard InChI is InChI=1S/C17H21N3O4S/c1-3-24-15-4-6-16(7-5-15)25(22,23)20(2)13-17(21)19-12-14-8-10-18-11-9-14/h4-11H,3,12-13H2,1-2H3,(H,19,21). The molecule has 0 fully saturated rings. The van der Waals surface area contributed by atoms with E-state index in [0.717, 1.165) is 9.87 Å². The van der Waals surface area contributed by atoms with Crippen LogP contribution in [0.4, 0.5) is 0 Å². The van der Waals surface area contributed by atoms with Crippen LogP contribution in [0.2, 0.25) is 0 Å². The van der Waals surface area contributed by atoms with E-state index in [1.807, 2.05) is 6.92 Å². The number of likely N-dealkylation sites (N-methyl/N-ethyl adjacent to an activating group) is 1. The van der Waals surface area contributed by atoms with Crippen molar-refractivity contribution in [3.8, 4) is 5.75 Å². The Morgan fingerprint density at radius 3 is 2.40 bits per heavy atom. The highest BCUT2D eigenvalue weighted by molar-refractivity contribution is 7.89. The van der Waals surface area contributed by atoms with Gasteiger partial charge in [-0.3, -0.25) is 9.78 Å². The molecule has 1 aromatic heterocycles. The van der Waals surface area contributed by atoms with Crippen molar-refractivity contribution in [2.75, 3.05) is 20.2 Å². The van der Waals surface area contributed by atoms with Crippen molar-refractivity contribution >= 4 is 15.9 Å². The minimum absolute atomic E-state index is 0.111. The fourth-order valence-corrected chi connectivity index (χ4v) is 3.23. The summed E-state index contributed by atoms with van der Waals surface area (Å²) in [7, 11) is -2.37. The second kappa shape index (κ2) is 8.59. The van der Waals surface area contributed by atoms with Crippen LogP contribution in [0.15, 0.2) is 53.7 Å². The van der Waals surface area contributed by atoms with Crippen LogP contribution in [0.1, 0.15) is 12.5 Å². The van der Waals surface area contributed by atoms with Crippen LogP contribution >= 0.6 is 0 Å². The number of hydrogen-bond acceptors (Lipinski definition) is 5. The zero-order valence-electron chi connectivity index (χ0n) is 14.2. The quantitative estimate of drug-likeness (QED) is 0.766. The number of aromatic nitrogens is 1. The van der Waals surface area contributed by atoms with Gasteiger partial charge in [0.25, 0.3) is 0 Å². The molecule has 1 aromatic carbocycles. The SMILES string of the molecule is CCOc1ccc(S(=O)(=O)N(C)CC(=O)NCc2ccncc2)cc1. The van der Waals surface area contributed by atoms with Crippen LogP contribution in [0, 0.1) is 0 Å². The third kappa shape index (κ3) is 5.27. The first kappa shape index (κ1) is 18.9. The molecule has 134 valence electrons. The van der Waals surface area contributed by atoms with E-state index in [9.17, 15) is 13.2 Å². The molecule has 1 amide bonds. The Hall–Kier alpha value is -2.45. The number of rotatable bonds is 8. The number of amides is 1. The molecule has 0 bridgehead atoms. The Morgan fingerprint density at radius 2 is 1.80 bits per heavy atom. The maximum atomic E-state index is 12.5. The van der Waals surface area contributed by atoms with E-state index in [1.165, 1.54) is 19.2 Å². The minimum Gasteiger partial charge on any atom is -0.494 e. The average Bonchev–Trinajstić information content (AvgIpc) is 2.61. The lowest BCUT2D eigenvalue weighted by Gasteiger charge is -2.17. The van der Waals surface area contributed by atoms with Gasteiger partial charge in [0, 0.05) is 26.0 Å². The molecule has 0 spiro atoms. The van der Waals surface area contributed by atoms with Crippen LogP contribution in [-0.2, 0) is 21.4 Å². The lowest BCUT2D eigenvalue weighted by atomic mass is 10.3. The molecule has 0 saturated heterocycles. The zero-order chi connectivity index (χ0) is 18.3. The van der Waals surface area contributed by atoms with Gasteiger partial charge < -0.3 is 10.1 Å². The van der Waals surface area contributed by atoms with Crippen LogP contribution < -0.4 is 10.1 Å². The zero-order valence-corrected chi connectivity index (χ0v) is 15.0. The second-order valence-electron chi connectivity index (χ2n) is 5.30. The Bertz CT molecular complexity index is 792. The molecule has 0 aliphatic carbocycles. The average molecular weight is 363 g/mol. The number of benzene rings is 1. The lowest BCUT2D eigenvalue weighted by Crippen LogP contribution is -2.38. The van der Waals surface area contributed by atoms with Crippen molar-refractivity contribution in [3.63, 3.8) is 0 Å². The number of carbonyl (C=O) groups excluding carboxylic acids is 1. The molecule has 7 nitrogen and oxygen atoms in total. The molecule has 0 radical (unpaired) electrons. The Balaban J connectivity index is 1.95. The van der Waals surface area contributed by atoms with Crippen molar-refractivity contribution in [2.24, 2.45) is 0 Å². The fourth-order valence-electron chi connectivity index (χ4n) is 2.10. The third-order valence-electron chi connectivity index (χ3n) is 3.45. The van der Waals surface area contributed by atoms with Gasteiger partial charge in [-0.25, -0.2) is 8.42 Å².